The van der Waals surface area contributed by atoms with Crippen LogP contribution >= 0.6 is 11.3 Å². The van der Waals surface area contributed by atoms with Crippen LogP contribution in [-0.4, -0.2) is 24.7 Å². The second-order valence-corrected chi connectivity index (χ2v) is 4.70. The number of hydrogen-bond acceptors (Lipinski definition) is 4. The first-order valence-corrected chi connectivity index (χ1v) is 6.53. The van der Waals surface area contributed by atoms with E-state index in [4.69, 9.17) is 4.74 Å². The first kappa shape index (κ1) is 11.0. The molecule has 1 aromatic heterocycles. The molecular formula is C11H18N2OS. The van der Waals surface area contributed by atoms with Gasteiger partial charge in [-0.3, -0.25) is 0 Å². The first-order chi connectivity index (χ1) is 7.40. The second-order valence-electron chi connectivity index (χ2n) is 3.76. The maximum atomic E-state index is 5.32. The lowest BCUT2D eigenvalue weighted by molar-refractivity contribution is 0.151. The number of nitrogens with zero attached hydrogens (tertiary/aromatic N) is 1. The number of nitrogens with one attached hydrogen (secondary N) is 1. The Balaban J connectivity index is 1.86. The summed E-state index contributed by atoms with van der Waals surface area (Å²) in [6, 6.07) is 0.502. The molecule has 0 amide bonds. The van der Waals surface area contributed by atoms with Gasteiger partial charge in [0.15, 0.2) is 0 Å². The van der Waals surface area contributed by atoms with E-state index in [1.54, 1.807) is 11.3 Å². The highest BCUT2D eigenvalue weighted by atomic mass is 32.1. The van der Waals surface area contributed by atoms with Crippen molar-refractivity contribution in [2.45, 2.75) is 32.2 Å². The van der Waals surface area contributed by atoms with Gasteiger partial charge in [-0.25, -0.2) is 4.98 Å². The zero-order valence-electron chi connectivity index (χ0n) is 9.16. The molecule has 0 bridgehead atoms. The van der Waals surface area contributed by atoms with E-state index >= 15 is 0 Å². The minimum absolute atomic E-state index is 0.502. The Morgan fingerprint density at radius 3 is 3.33 bits per heavy atom. The molecule has 1 aliphatic rings. The van der Waals surface area contributed by atoms with Crippen molar-refractivity contribution in [1.82, 2.24) is 10.3 Å². The van der Waals surface area contributed by atoms with Gasteiger partial charge in [-0.15, -0.1) is 11.3 Å². The SMILES string of the molecule is CCOCCc1nc([C@@H]2CCCN2)cs1. The Hall–Kier alpha value is -0.450. The fourth-order valence-corrected chi connectivity index (χ4v) is 2.67. The van der Waals surface area contributed by atoms with Gasteiger partial charge in [-0.2, -0.15) is 0 Å². The maximum Gasteiger partial charge on any atom is 0.0951 e. The van der Waals surface area contributed by atoms with E-state index in [1.807, 2.05) is 6.92 Å². The van der Waals surface area contributed by atoms with E-state index < -0.39 is 0 Å². The van der Waals surface area contributed by atoms with Crippen molar-refractivity contribution in [1.29, 1.82) is 0 Å². The lowest BCUT2D eigenvalue weighted by Gasteiger charge is -2.04. The van der Waals surface area contributed by atoms with Crippen LogP contribution in [0, 0.1) is 0 Å². The van der Waals surface area contributed by atoms with Crippen molar-refractivity contribution in [3.8, 4) is 0 Å². The van der Waals surface area contributed by atoms with E-state index in [9.17, 15) is 0 Å². The van der Waals surface area contributed by atoms with Crippen LogP contribution in [-0.2, 0) is 11.2 Å². The summed E-state index contributed by atoms with van der Waals surface area (Å²) >= 11 is 1.76. The predicted octanol–water partition coefficient (Wildman–Crippen LogP) is 2.15. The molecule has 2 heterocycles. The van der Waals surface area contributed by atoms with Gasteiger partial charge in [-0.05, 0) is 26.3 Å². The topological polar surface area (TPSA) is 34.1 Å². The molecule has 0 radical (unpaired) electrons. The smallest absolute Gasteiger partial charge is 0.0951 e. The highest BCUT2D eigenvalue weighted by Crippen LogP contribution is 2.24. The van der Waals surface area contributed by atoms with Crippen LogP contribution in [0.25, 0.3) is 0 Å². The van der Waals surface area contributed by atoms with Gasteiger partial charge in [0.25, 0.3) is 0 Å². The molecule has 1 fully saturated rings. The minimum Gasteiger partial charge on any atom is -0.381 e. The van der Waals surface area contributed by atoms with Gasteiger partial charge in [0, 0.05) is 18.4 Å². The summed E-state index contributed by atoms with van der Waals surface area (Å²) < 4.78 is 5.32. The monoisotopic (exact) mass is 226 g/mol. The second kappa shape index (κ2) is 5.58. The number of rotatable bonds is 5. The quantitative estimate of drug-likeness (QED) is 0.781. The minimum atomic E-state index is 0.502. The summed E-state index contributed by atoms with van der Waals surface area (Å²) in [7, 11) is 0. The molecule has 0 aliphatic carbocycles. The number of hydrogen-bond donors (Lipinski definition) is 1. The number of aromatic nitrogens is 1. The summed E-state index contributed by atoms with van der Waals surface area (Å²) in [6.07, 6.45) is 3.45. The highest BCUT2D eigenvalue weighted by Gasteiger charge is 2.18. The zero-order valence-corrected chi connectivity index (χ0v) is 9.98. The Morgan fingerprint density at radius 2 is 2.60 bits per heavy atom. The molecule has 0 saturated carbocycles. The van der Waals surface area contributed by atoms with E-state index in [0.717, 1.165) is 26.2 Å². The first-order valence-electron chi connectivity index (χ1n) is 5.65. The lowest BCUT2D eigenvalue weighted by atomic mass is 10.2. The predicted molar refractivity (Wildman–Crippen MR) is 62.3 cm³/mol. The molecule has 0 unspecified atom stereocenters. The van der Waals surface area contributed by atoms with E-state index in [1.165, 1.54) is 23.5 Å². The van der Waals surface area contributed by atoms with Gasteiger partial charge in [-0.1, -0.05) is 0 Å². The molecule has 1 aliphatic heterocycles. The number of ether oxygens (including phenoxy) is 1. The summed E-state index contributed by atoms with van der Waals surface area (Å²) in [5.41, 5.74) is 1.23. The third-order valence-corrected chi connectivity index (χ3v) is 3.58. The van der Waals surface area contributed by atoms with Gasteiger partial charge >= 0.3 is 0 Å². The van der Waals surface area contributed by atoms with Crippen molar-refractivity contribution in [2.75, 3.05) is 19.8 Å². The van der Waals surface area contributed by atoms with E-state index in [2.05, 4.69) is 15.7 Å². The third-order valence-electron chi connectivity index (χ3n) is 2.65. The van der Waals surface area contributed by atoms with Gasteiger partial charge in [0.05, 0.1) is 23.4 Å². The summed E-state index contributed by atoms with van der Waals surface area (Å²) in [5, 5.41) is 6.85. The Labute approximate surface area is 94.9 Å². The van der Waals surface area contributed by atoms with Crippen molar-refractivity contribution in [2.24, 2.45) is 0 Å². The van der Waals surface area contributed by atoms with Crippen LogP contribution in [0.3, 0.4) is 0 Å². The average Bonchev–Trinajstić information content (AvgIpc) is 2.87. The molecule has 84 valence electrons. The van der Waals surface area contributed by atoms with Crippen molar-refractivity contribution >= 4 is 11.3 Å². The maximum absolute atomic E-state index is 5.32. The van der Waals surface area contributed by atoms with E-state index in [-0.39, 0.29) is 0 Å². The lowest BCUT2D eigenvalue weighted by Crippen LogP contribution is -2.13. The van der Waals surface area contributed by atoms with Crippen LogP contribution < -0.4 is 5.32 Å². The Bertz CT molecular complexity index is 295. The van der Waals surface area contributed by atoms with Crippen LogP contribution in [0.1, 0.15) is 36.5 Å². The molecular weight excluding hydrogens is 208 g/mol. The fraction of sp³-hybridized carbons (Fsp3) is 0.727. The Morgan fingerprint density at radius 1 is 1.67 bits per heavy atom. The van der Waals surface area contributed by atoms with E-state index in [0.29, 0.717) is 6.04 Å². The van der Waals surface area contributed by atoms with Crippen molar-refractivity contribution in [3.63, 3.8) is 0 Å². The van der Waals surface area contributed by atoms with Crippen LogP contribution in [0.2, 0.25) is 0 Å². The number of thiazole rings is 1. The van der Waals surface area contributed by atoms with Crippen LogP contribution in [0.15, 0.2) is 5.38 Å². The molecule has 3 nitrogen and oxygen atoms in total. The fourth-order valence-electron chi connectivity index (χ4n) is 1.84. The zero-order chi connectivity index (χ0) is 10.5. The molecule has 0 aromatic carbocycles. The highest BCUT2D eigenvalue weighted by molar-refractivity contribution is 7.09. The molecule has 1 atom stereocenters. The largest absolute Gasteiger partial charge is 0.381 e. The normalized spacial score (nSPS) is 21.0. The standard InChI is InChI=1S/C11H18N2OS/c1-2-14-7-5-11-13-10(8-15-11)9-4-3-6-12-9/h8-9,12H,2-7H2,1H3/t9-/m0/s1. The van der Waals surface area contributed by atoms with Crippen LogP contribution in [0.4, 0.5) is 0 Å². The average molecular weight is 226 g/mol. The van der Waals surface area contributed by atoms with Crippen molar-refractivity contribution < 1.29 is 4.74 Å². The Kier molecular flexibility index (Phi) is 4.11. The summed E-state index contributed by atoms with van der Waals surface area (Å²) in [4.78, 5) is 4.64. The summed E-state index contributed by atoms with van der Waals surface area (Å²) in [6.45, 7) is 4.75. The third kappa shape index (κ3) is 3.00. The molecule has 15 heavy (non-hydrogen) atoms. The molecule has 1 saturated heterocycles. The van der Waals surface area contributed by atoms with Crippen LogP contribution in [0.5, 0.6) is 0 Å². The molecule has 0 spiro atoms. The molecule has 2 rings (SSSR count). The molecule has 1 aromatic rings. The molecule has 1 N–H and O–H groups in total. The summed E-state index contributed by atoms with van der Waals surface area (Å²) in [5.74, 6) is 0. The van der Waals surface area contributed by atoms with Gasteiger partial charge in [0.2, 0.25) is 0 Å². The molecule has 4 heteroatoms. The van der Waals surface area contributed by atoms with Gasteiger partial charge in [0.1, 0.15) is 0 Å². The van der Waals surface area contributed by atoms with Crippen molar-refractivity contribution in [3.05, 3.63) is 16.1 Å². The van der Waals surface area contributed by atoms with Gasteiger partial charge < -0.3 is 10.1 Å².